The van der Waals surface area contributed by atoms with Crippen LogP contribution in [0.4, 0.5) is 13.2 Å². The fourth-order valence-corrected chi connectivity index (χ4v) is 2.92. The minimum absolute atomic E-state index is 0.0947. The predicted molar refractivity (Wildman–Crippen MR) is 93.6 cm³/mol. The maximum absolute atomic E-state index is 12.5. The molecule has 1 heterocycles. The number of morpholine rings is 1. The molecule has 28 heavy (non-hydrogen) atoms. The average Bonchev–Trinajstić information content (AvgIpc) is 2.59. The zero-order valence-corrected chi connectivity index (χ0v) is 16.0. The number of carbonyl (C=O) groups is 2. The van der Waals surface area contributed by atoms with Crippen LogP contribution < -0.4 is 0 Å². The second-order valence-corrected chi connectivity index (χ2v) is 6.85. The molecule has 0 aromatic heterocycles. The molecule has 1 aromatic carbocycles. The lowest BCUT2D eigenvalue weighted by Crippen LogP contribution is -2.51. The Kier molecular flexibility index (Phi) is 7.42. The van der Waals surface area contributed by atoms with Crippen molar-refractivity contribution >= 4 is 11.9 Å². The third-order valence-electron chi connectivity index (χ3n) is 4.09. The standard InChI is InChI=1S/C19H24F3NO5/c1-12-8-23(9-13(2)27-12)17(24)14(3)28-18(25)16-6-4-15(5-7-16)10-26-11-19(20,21)22/h4-7,12-14H,8-11H2,1-3H3. The van der Waals surface area contributed by atoms with Crippen LogP contribution >= 0.6 is 0 Å². The summed E-state index contributed by atoms with van der Waals surface area (Å²) >= 11 is 0. The Morgan fingerprint density at radius 2 is 1.75 bits per heavy atom. The molecule has 6 nitrogen and oxygen atoms in total. The number of hydrogen-bond donors (Lipinski definition) is 0. The second kappa shape index (κ2) is 9.38. The van der Waals surface area contributed by atoms with Crippen molar-refractivity contribution in [3.8, 4) is 0 Å². The van der Waals surface area contributed by atoms with Crippen LogP contribution in [0.2, 0.25) is 0 Å². The van der Waals surface area contributed by atoms with Gasteiger partial charge in [-0.05, 0) is 38.5 Å². The molecule has 1 saturated heterocycles. The zero-order valence-electron chi connectivity index (χ0n) is 16.0. The molecular weight excluding hydrogens is 379 g/mol. The molecule has 0 radical (unpaired) electrons. The lowest BCUT2D eigenvalue weighted by atomic mass is 10.1. The monoisotopic (exact) mass is 403 g/mol. The van der Waals surface area contributed by atoms with E-state index in [-0.39, 0.29) is 30.3 Å². The molecule has 0 spiro atoms. The van der Waals surface area contributed by atoms with Gasteiger partial charge in [-0.25, -0.2) is 4.79 Å². The van der Waals surface area contributed by atoms with Gasteiger partial charge in [0.05, 0.1) is 24.4 Å². The maximum Gasteiger partial charge on any atom is 0.411 e. The van der Waals surface area contributed by atoms with Gasteiger partial charge in [-0.3, -0.25) is 4.79 Å². The number of nitrogens with zero attached hydrogens (tertiary/aromatic N) is 1. The third kappa shape index (κ3) is 6.79. The summed E-state index contributed by atoms with van der Waals surface area (Å²) in [6.45, 7) is 4.53. The van der Waals surface area contributed by atoms with Crippen molar-refractivity contribution in [2.75, 3.05) is 19.7 Å². The van der Waals surface area contributed by atoms with Crippen LogP contribution in [0.15, 0.2) is 24.3 Å². The minimum Gasteiger partial charge on any atom is -0.449 e. The van der Waals surface area contributed by atoms with Gasteiger partial charge < -0.3 is 19.1 Å². The van der Waals surface area contributed by atoms with Gasteiger partial charge in [0.25, 0.3) is 5.91 Å². The molecule has 9 heteroatoms. The molecule has 3 atom stereocenters. The van der Waals surface area contributed by atoms with E-state index in [4.69, 9.17) is 9.47 Å². The van der Waals surface area contributed by atoms with Crippen LogP contribution in [0.3, 0.4) is 0 Å². The largest absolute Gasteiger partial charge is 0.449 e. The number of hydrogen-bond acceptors (Lipinski definition) is 5. The van der Waals surface area contributed by atoms with Crippen LogP contribution in [-0.4, -0.2) is 61.0 Å². The van der Waals surface area contributed by atoms with Crippen molar-refractivity contribution in [3.05, 3.63) is 35.4 Å². The van der Waals surface area contributed by atoms with E-state index in [0.717, 1.165) is 0 Å². The molecule has 1 aliphatic heterocycles. The van der Waals surface area contributed by atoms with Gasteiger partial charge in [0.2, 0.25) is 0 Å². The summed E-state index contributed by atoms with van der Waals surface area (Å²) in [6, 6.07) is 5.80. The number of ether oxygens (including phenoxy) is 3. The van der Waals surface area contributed by atoms with Crippen molar-refractivity contribution in [2.45, 2.75) is 51.9 Å². The summed E-state index contributed by atoms with van der Waals surface area (Å²) in [6.07, 6.45) is -5.53. The number of carbonyl (C=O) groups excluding carboxylic acids is 2. The van der Waals surface area contributed by atoms with Gasteiger partial charge in [-0.15, -0.1) is 0 Å². The first-order chi connectivity index (χ1) is 13.0. The van der Waals surface area contributed by atoms with E-state index < -0.39 is 24.9 Å². The molecule has 0 saturated carbocycles. The van der Waals surface area contributed by atoms with Crippen molar-refractivity contribution < 1.29 is 37.0 Å². The first kappa shape index (κ1) is 22.2. The molecular formula is C19H24F3NO5. The highest BCUT2D eigenvalue weighted by atomic mass is 19.4. The number of benzene rings is 1. The first-order valence-electron chi connectivity index (χ1n) is 8.94. The fourth-order valence-electron chi connectivity index (χ4n) is 2.92. The van der Waals surface area contributed by atoms with Gasteiger partial charge in [0.1, 0.15) is 6.61 Å². The van der Waals surface area contributed by atoms with Gasteiger partial charge in [-0.2, -0.15) is 13.2 Å². The summed E-state index contributed by atoms with van der Waals surface area (Å²) in [5.41, 5.74) is 0.684. The van der Waals surface area contributed by atoms with E-state index in [0.29, 0.717) is 18.7 Å². The minimum atomic E-state index is -4.39. The van der Waals surface area contributed by atoms with E-state index in [1.54, 1.807) is 4.90 Å². The van der Waals surface area contributed by atoms with Crippen LogP contribution in [0, 0.1) is 0 Å². The van der Waals surface area contributed by atoms with Gasteiger partial charge in [0.15, 0.2) is 6.10 Å². The van der Waals surface area contributed by atoms with Gasteiger partial charge >= 0.3 is 12.1 Å². The molecule has 0 N–H and O–H groups in total. The Labute approximate surface area is 161 Å². The molecule has 156 valence electrons. The summed E-state index contributed by atoms with van der Waals surface area (Å²) in [5, 5.41) is 0. The van der Waals surface area contributed by atoms with Crippen molar-refractivity contribution in [2.24, 2.45) is 0 Å². The zero-order chi connectivity index (χ0) is 20.9. The van der Waals surface area contributed by atoms with E-state index in [1.165, 1.54) is 31.2 Å². The van der Waals surface area contributed by atoms with Crippen LogP contribution in [0.1, 0.15) is 36.7 Å². The molecule has 2 rings (SSSR count). The van der Waals surface area contributed by atoms with E-state index in [2.05, 4.69) is 4.74 Å². The summed E-state index contributed by atoms with van der Waals surface area (Å²) in [5.74, 6) is -0.981. The summed E-state index contributed by atoms with van der Waals surface area (Å²) in [4.78, 5) is 26.3. The molecule has 1 aromatic rings. The third-order valence-corrected chi connectivity index (χ3v) is 4.09. The quantitative estimate of drug-likeness (QED) is 0.684. The van der Waals surface area contributed by atoms with E-state index in [9.17, 15) is 22.8 Å². The average molecular weight is 403 g/mol. The normalized spacial score (nSPS) is 21.3. The topological polar surface area (TPSA) is 65.1 Å². The smallest absolute Gasteiger partial charge is 0.411 e. The molecule has 1 amide bonds. The fraction of sp³-hybridized carbons (Fsp3) is 0.579. The lowest BCUT2D eigenvalue weighted by Gasteiger charge is -2.36. The Morgan fingerprint density at radius 3 is 2.29 bits per heavy atom. The molecule has 0 bridgehead atoms. The Bertz CT molecular complexity index is 667. The van der Waals surface area contributed by atoms with Crippen LogP contribution in [-0.2, 0) is 25.6 Å². The van der Waals surface area contributed by atoms with Crippen molar-refractivity contribution in [1.29, 1.82) is 0 Å². The van der Waals surface area contributed by atoms with E-state index in [1.807, 2.05) is 13.8 Å². The highest BCUT2D eigenvalue weighted by Crippen LogP contribution is 2.17. The van der Waals surface area contributed by atoms with Crippen molar-refractivity contribution in [3.63, 3.8) is 0 Å². The molecule has 1 fully saturated rings. The lowest BCUT2D eigenvalue weighted by molar-refractivity contribution is -0.176. The Morgan fingerprint density at radius 1 is 1.18 bits per heavy atom. The molecule has 0 aliphatic carbocycles. The number of esters is 1. The molecule has 3 unspecified atom stereocenters. The SMILES string of the molecule is CC1CN(C(=O)C(C)OC(=O)c2ccc(COCC(F)(F)F)cc2)CC(C)O1. The Balaban J connectivity index is 1.87. The first-order valence-corrected chi connectivity index (χ1v) is 8.94. The number of alkyl halides is 3. The predicted octanol–water partition coefficient (Wildman–Crippen LogP) is 2.95. The van der Waals surface area contributed by atoms with Crippen LogP contribution in [0.5, 0.6) is 0 Å². The molecule has 1 aliphatic rings. The Hall–Kier alpha value is -2.13. The number of halogens is 3. The van der Waals surface area contributed by atoms with Crippen LogP contribution in [0.25, 0.3) is 0 Å². The maximum atomic E-state index is 12.5. The highest BCUT2D eigenvalue weighted by molar-refractivity contribution is 5.92. The van der Waals surface area contributed by atoms with Gasteiger partial charge in [0, 0.05) is 13.1 Å². The summed E-state index contributed by atoms with van der Waals surface area (Å²) in [7, 11) is 0. The summed E-state index contributed by atoms with van der Waals surface area (Å²) < 4.78 is 51.6. The highest BCUT2D eigenvalue weighted by Gasteiger charge is 2.30. The van der Waals surface area contributed by atoms with E-state index >= 15 is 0 Å². The van der Waals surface area contributed by atoms with Gasteiger partial charge in [-0.1, -0.05) is 12.1 Å². The van der Waals surface area contributed by atoms with Crippen molar-refractivity contribution in [1.82, 2.24) is 4.90 Å². The second-order valence-electron chi connectivity index (χ2n) is 6.85. The number of rotatable bonds is 6. The number of amides is 1.